The molecule has 1 aliphatic heterocycles. The van der Waals surface area contributed by atoms with Crippen molar-refractivity contribution in [1.29, 1.82) is 0 Å². The first-order valence-corrected chi connectivity index (χ1v) is 11.2. The number of Topliss-reactive ketones (excluding diaryl/α,β-unsaturated/α-hetero) is 1. The van der Waals surface area contributed by atoms with Gasteiger partial charge in [0.15, 0.2) is 6.61 Å². The number of ketones is 1. The summed E-state index contributed by atoms with van der Waals surface area (Å²) in [6.07, 6.45) is 2.11. The molecule has 0 radical (unpaired) electrons. The first-order valence-electron chi connectivity index (χ1n) is 11.2. The number of carbonyl (C=O) groups excluding carboxylic acids is 4. The standard InChI is InChI=1S/C26H26N2O7/c1-16-12-21(17(2)28(16)14-19-6-4-11-34-19)23(29)15-35-26(32)18-7-8-20-22(13-18)25(31)27(24(20)30)9-5-10-33-3/h4,6-8,11-13H,5,9-10,14-15H2,1-3H3. The van der Waals surface area contributed by atoms with Gasteiger partial charge in [0, 0.05) is 37.2 Å². The highest BCUT2D eigenvalue weighted by molar-refractivity contribution is 6.22. The summed E-state index contributed by atoms with van der Waals surface area (Å²) in [4.78, 5) is 51.7. The molecule has 2 aromatic heterocycles. The topological polar surface area (TPSA) is 108 Å². The van der Waals surface area contributed by atoms with Crippen LogP contribution in [0.5, 0.6) is 0 Å². The van der Waals surface area contributed by atoms with Crippen molar-refractivity contribution in [2.45, 2.75) is 26.8 Å². The maximum Gasteiger partial charge on any atom is 0.338 e. The summed E-state index contributed by atoms with van der Waals surface area (Å²) < 4.78 is 17.6. The van der Waals surface area contributed by atoms with Crippen LogP contribution in [-0.4, -0.2) is 59.9 Å². The first kappa shape index (κ1) is 24.2. The molecule has 0 unspecified atom stereocenters. The molecule has 0 atom stereocenters. The second kappa shape index (κ2) is 10.1. The molecule has 0 fully saturated rings. The highest BCUT2D eigenvalue weighted by atomic mass is 16.5. The van der Waals surface area contributed by atoms with Crippen molar-refractivity contribution in [3.8, 4) is 0 Å². The number of methoxy groups -OCH3 is 1. The third kappa shape index (κ3) is 4.81. The Morgan fingerprint density at radius 1 is 1.03 bits per heavy atom. The predicted molar refractivity (Wildman–Crippen MR) is 125 cm³/mol. The highest BCUT2D eigenvalue weighted by Gasteiger charge is 2.35. The Bertz CT molecular complexity index is 1290. The maximum atomic E-state index is 12.8. The van der Waals surface area contributed by atoms with Gasteiger partial charge in [-0.3, -0.25) is 19.3 Å². The number of aromatic nitrogens is 1. The second-order valence-corrected chi connectivity index (χ2v) is 8.32. The van der Waals surface area contributed by atoms with Crippen molar-refractivity contribution in [2.24, 2.45) is 0 Å². The number of esters is 1. The summed E-state index contributed by atoms with van der Waals surface area (Å²) in [6.45, 7) is 4.41. The molecule has 0 saturated carbocycles. The van der Waals surface area contributed by atoms with Gasteiger partial charge in [-0.25, -0.2) is 4.79 Å². The number of ether oxygens (including phenoxy) is 2. The molecule has 3 aromatic rings. The van der Waals surface area contributed by atoms with Gasteiger partial charge in [0.05, 0.1) is 29.5 Å². The van der Waals surface area contributed by atoms with E-state index in [1.165, 1.54) is 18.2 Å². The van der Waals surface area contributed by atoms with Gasteiger partial charge in [0.25, 0.3) is 11.8 Å². The van der Waals surface area contributed by atoms with E-state index in [2.05, 4.69) is 0 Å². The van der Waals surface area contributed by atoms with Crippen LogP contribution < -0.4 is 0 Å². The van der Waals surface area contributed by atoms with Gasteiger partial charge >= 0.3 is 5.97 Å². The lowest BCUT2D eigenvalue weighted by atomic mass is 10.1. The van der Waals surface area contributed by atoms with Gasteiger partial charge in [-0.2, -0.15) is 0 Å². The fourth-order valence-electron chi connectivity index (χ4n) is 4.17. The Hall–Kier alpha value is -3.98. The second-order valence-electron chi connectivity index (χ2n) is 8.32. The molecular weight excluding hydrogens is 452 g/mol. The number of carbonyl (C=O) groups is 4. The number of nitrogens with zero attached hydrogens (tertiary/aromatic N) is 2. The van der Waals surface area contributed by atoms with E-state index in [9.17, 15) is 19.2 Å². The van der Waals surface area contributed by atoms with Gasteiger partial charge in [-0.1, -0.05) is 0 Å². The number of imide groups is 1. The minimum Gasteiger partial charge on any atom is -0.467 e. The summed E-state index contributed by atoms with van der Waals surface area (Å²) in [5.41, 5.74) is 2.57. The molecule has 35 heavy (non-hydrogen) atoms. The van der Waals surface area contributed by atoms with E-state index in [0.29, 0.717) is 25.1 Å². The number of benzene rings is 1. The van der Waals surface area contributed by atoms with Crippen molar-refractivity contribution in [3.63, 3.8) is 0 Å². The molecular formula is C26H26N2O7. The Morgan fingerprint density at radius 2 is 1.80 bits per heavy atom. The highest BCUT2D eigenvalue weighted by Crippen LogP contribution is 2.25. The molecule has 9 nitrogen and oxygen atoms in total. The molecule has 0 bridgehead atoms. The number of furan rings is 1. The monoisotopic (exact) mass is 478 g/mol. The lowest BCUT2D eigenvalue weighted by molar-refractivity contribution is 0.0474. The molecule has 1 aromatic carbocycles. The zero-order valence-corrected chi connectivity index (χ0v) is 19.8. The summed E-state index contributed by atoms with van der Waals surface area (Å²) in [6, 6.07) is 9.61. The quantitative estimate of drug-likeness (QED) is 0.190. The zero-order chi connectivity index (χ0) is 25.1. The molecule has 0 N–H and O–H groups in total. The van der Waals surface area contributed by atoms with Crippen LogP contribution in [0.15, 0.2) is 47.1 Å². The van der Waals surface area contributed by atoms with Crippen LogP contribution >= 0.6 is 0 Å². The van der Waals surface area contributed by atoms with E-state index >= 15 is 0 Å². The van der Waals surface area contributed by atoms with Crippen molar-refractivity contribution in [1.82, 2.24) is 9.47 Å². The average Bonchev–Trinajstić information content (AvgIpc) is 3.53. The minimum atomic E-state index is -0.747. The van der Waals surface area contributed by atoms with Gasteiger partial charge in [0.2, 0.25) is 5.78 Å². The molecule has 0 aliphatic carbocycles. The number of aryl methyl sites for hydroxylation is 1. The van der Waals surface area contributed by atoms with Crippen molar-refractivity contribution < 1.29 is 33.1 Å². The van der Waals surface area contributed by atoms with E-state index in [0.717, 1.165) is 22.0 Å². The number of hydrogen-bond donors (Lipinski definition) is 0. The molecule has 9 heteroatoms. The third-order valence-corrected chi connectivity index (χ3v) is 6.04. The van der Waals surface area contributed by atoms with Crippen LogP contribution in [0.2, 0.25) is 0 Å². The van der Waals surface area contributed by atoms with Gasteiger partial charge in [-0.05, 0) is 56.7 Å². The molecule has 1 aliphatic rings. The van der Waals surface area contributed by atoms with Gasteiger partial charge < -0.3 is 18.5 Å². The van der Waals surface area contributed by atoms with Crippen molar-refractivity contribution >= 4 is 23.6 Å². The van der Waals surface area contributed by atoms with Gasteiger partial charge in [-0.15, -0.1) is 0 Å². The van der Waals surface area contributed by atoms with Crippen molar-refractivity contribution in [3.05, 3.63) is 82.1 Å². The Labute approximate surface area is 202 Å². The predicted octanol–water partition coefficient (Wildman–Crippen LogP) is 3.42. The van der Waals surface area contributed by atoms with E-state index in [1.807, 2.05) is 24.5 Å². The summed E-state index contributed by atoms with van der Waals surface area (Å²) in [5.74, 6) is -1.19. The zero-order valence-electron chi connectivity index (χ0n) is 19.8. The Morgan fingerprint density at radius 3 is 2.51 bits per heavy atom. The minimum absolute atomic E-state index is 0.0970. The largest absolute Gasteiger partial charge is 0.467 e. The molecule has 0 saturated heterocycles. The Kier molecular flexibility index (Phi) is 6.97. The number of amides is 2. The van der Waals surface area contributed by atoms with Crippen LogP contribution in [0.25, 0.3) is 0 Å². The number of hydrogen-bond acceptors (Lipinski definition) is 7. The average molecular weight is 479 g/mol. The third-order valence-electron chi connectivity index (χ3n) is 6.04. The lowest BCUT2D eigenvalue weighted by Gasteiger charge is -2.12. The summed E-state index contributed by atoms with van der Waals surface area (Å²) in [7, 11) is 1.55. The van der Waals surface area contributed by atoms with Crippen LogP contribution in [-0.2, 0) is 16.0 Å². The molecule has 3 heterocycles. The smallest absolute Gasteiger partial charge is 0.338 e. The van der Waals surface area contributed by atoms with Crippen LogP contribution in [0.4, 0.5) is 0 Å². The van der Waals surface area contributed by atoms with E-state index in [-0.39, 0.29) is 29.0 Å². The van der Waals surface area contributed by atoms with Gasteiger partial charge in [0.1, 0.15) is 5.76 Å². The van der Waals surface area contributed by atoms with Crippen LogP contribution in [0, 0.1) is 13.8 Å². The molecule has 2 amide bonds. The normalized spacial score (nSPS) is 12.8. The summed E-state index contributed by atoms with van der Waals surface area (Å²) >= 11 is 0. The fourth-order valence-corrected chi connectivity index (χ4v) is 4.17. The van der Waals surface area contributed by atoms with Crippen LogP contribution in [0.1, 0.15) is 65.0 Å². The van der Waals surface area contributed by atoms with Crippen LogP contribution in [0.3, 0.4) is 0 Å². The lowest BCUT2D eigenvalue weighted by Crippen LogP contribution is -2.31. The maximum absolute atomic E-state index is 12.8. The number of fused-ring (bicyclic) bond motifs is 1. The first-order chi connectivity index (χ1) is 16.8. The van der Waals surface area contributed by atoms with E-state index < -0.39 is 24.4 Å². The van der Waals surface area contributed by atoms with Crippen molar-refractivity contribution in [2.75, 3.05) is 26.9 Å². The molecule has 0 spiro atoms. The molecule has 4 rings (SSSR count). The van der Waals surface area contributed by atoms with E-state index in [4.69, 9.17) is 13.9 Å². The summed E-state index contributed by atoms with van der Waals surface area (Å²) in [5, 5.41) is 0. The number of rotatable bonds is 10. The fraction of sp³-hybridized carbons (Fsp3) is 0.308. The van der Waals surface area contributed by atoms with E-state index in [1.54, 1.807) is 25.5 Å². The molecule has 182 valence electrons. The SMILES string of the molecule is COCCCN1C(=O)c2ccc(C(=O)OCC(=O)c3cc(C)n(Cc4ccco4)c3C)cc2C1=O. The Balaban J connectivity index is 1.41.